The van der Waals surface area contributed by atoms with E-state index in [-0.39, 0.29) is 0 Å². The predicted octanol–water partition coefficient (Wildman–Crippen LogP) is 2.13. The van der Waals surface area contributed by atoms with Crippen LogP contribution in [0.3, 0.4) is 0 Å². The third kappa shape index (κ3) is 5.15. The van der Waals surface area contributed by atoms with Crippen molar-refractivity contribution in [3.63, 3.8) is 0 Å². The number of piperidine rings is 1. The maximum Gasteiger partial charge on any atom is 0.106 e. The molecule has 0 saturated carbocycles. The molecular weight excluding hydrogens is 186 g/mol. The van der Waals surface area contributed by atoms with E-state index in [2.05, 4.69) is 17.9 Å². The van der Waals surface area contributed by atoms with Gasteiger partial charge in [0.2, 0.25) is 0 Å². The van der Waals surface area contributed by atoms with Crippen LogP contribution in [0.15, 0.2) is 0 Å². The van der Waals surface area contributed by atoms with Crippen molar-refractivity contribution in [2.75, 3.05) is 19.6 Å². The Hall–Kier alpha value is -0.590. The Kier molecular flexibility index (Phi) is 7.37. The van der Waals surface area contributed by atoms with Crippen LogP contribution >= 0.6 is 0 Å². The van der Waals surface area contributed by atoms with Crippen LogP contribution in [0.1, 0.15) is 46.5 Å². The highest BCUT2D eigenvalue weighted by Gasteiger charge is 2.29. The van der Waals surface area contributed by atoms with Crippen molar-refractivity contribution in [2.24, 2.45) is 5.73 Å². The van der Waals surface area contributed by atoms with Crippen molar-refractivity contribution in [3.8, 4) is 6.07 Å². The van der Waals surface area contributed by atoms with Gasteiger partial charge < -0.3 is 10.6 Å². The van der Waals surface area contributed by atoms with Gasteiger partial charge in [-0.25, -0.2) is 0 Å². The van der Waals surface area contributed by atoms with E-state index in [9.17, 15) is 0 Å². The Labute approximate surface area is 94.2 Å². The molecule has 1 aliphatic heterocycles. The molecule has 0 atom stereocenters. The van der Waals surface area contributed by atoms with Crippen LogP contribution in [0.4, 0.5) is 0 Å². The lowest BCUT2D eigenvalue weighted by Crippen LogP contribution is -2.49. The van der Waals surface area contributed by atoms with Crippen LogP contribution in [-0.2, 0) is 0 Å². The molecule has 0 radical (unpaired) electrons. The lowest BCUT2D eigenvalue weighted by molar-refractivity contribution is 0.186. The van der Waals surface area contributed by atoms with Crippen LogP contribution < -0.4 is 5.73 Å². The molecule has 0 aromatic rings. The molecule has 1 rings (SSSR count). The van der Waals surface area contributed by atoms with Crippen LogP contribution in [0, 0.1) is 11.3 Å². The standard InChI is InChI=1S/C10H19N3.C2H6/c1-2-3-6-13-7-4-10(12,9-11)5-8-13;1-2/h2-8,12H2,1H3;1-2H3. The SMILES string of the molecule is CC.CCCCN1CCC(N)(C#N)CC1. The molecule has 3 heteroatoms. The van der Waals surface area contributed by atoms with Gasteiger partial charge >= 0.3 is 0 Å². The molecule has 0 unspecified atom stereocenters. The Bertz CT molecular complexity index is 188. The molecule has 1 fully saturated rings. The second kappa shape index (κ2) is 7.67. The van der Waals surface area contributed by atoms with Gasteiger partial charge in [-0.2, -0.15) is 5.26 Å². The van der Waals surface area contributed by atoms with E-state index in [1.165, 1.54) is 12.8 Å². The zero-order chi connectivity index (χ0) is 11.7. The van der Waals surface area contributed by atoms with Crippen molar-refractivity contribution in [1.29, 1.82) is 5.26 Å². The van der Waals surface area contributed by atoms with Gasteiger partial charge in [-0.3, -0.25) is 0 Å². The van der Waals surface area contributed by atoms with Gasteiger partial charge in [0.15, 0.2) is 0 Å². The van der Waals surface area contributed by atoms with Crippen molar-refractivity contribution in [3.05, 3.63) is 0 Å². The Balaban J connectivity index is 0.000000921. The molecular formula is C12H25N3. The fourth-order valence-electron chi connectivity index (χ4n) is 1.67. The summed E-state index contributed by atoms with van der Waals surface area (Å²) in [4.78, 5) is 2.41. The number of rotatable bonds is 3. The van der Waals surface area contributed by atoms with Gasteiger partial charge in [0, 0.05) is 13.1 Å². The van der Waals surface area contributed by atoms with Crippen molar-refractivity contribution in [2.45, 2.75) is 52.0 Å². The Morgan fingerprint density at radius 2 is 1.87 bits per heavy atom. The molecule has 1 saturated heterocycles. The summed E-state index contributed by atoms with van der Waals surface area (Å²) >= 11 is 0. The second-order valence-corrected chi connectivity index (χ2v) is 3.96. The lowest BCUT2D eigenvalue weighted by Gasteiger charge is -2.34. The van der Waals surface area contributed by atoms with Gasteiger partial charge in [0.1, 0.15) is 5.54 Å². The quantitative estimate of drug-likeness (QED) is 0.778. The minimum absolute atomic E-state index is 0.539. The summed E-state index contributed by atoms with van der Waals surface area (Å²) < 4.78 is 0. The van der Waals surface area contributed by atoms with E-state index in [0.717, 1.165) is 32.5 Å². The zero-order valence-electron chi connectivity index (χ0n) is 10.4. The molecule has 3 nitrogen and oxygen atoms in total. The van der Waals surface area contributed by atoms with Gasteiger partial charge in [0.05, 0.1) is 6.07 Å². The summed E-state index contributed by atoms with van der Waals surface area (Å²) in [5.74, 6) is 0. The monoisotopic (exact) mass is 211 g/mol. The maximum absolute atomic E-state index is 8.82. The van der Waals surface area contributed by atoms with Crippen LogP contribution in [0.2, 0.25) is 0 Å². The van der Waals surface area contributed by atoms with E-state index < -0.39 is 5.54 Å². The average Bonchev–Trinajstić information content (AvgIpc) is 2.31. The highest BCUT2D eigenvalue weighted by atomic mass is 15.1. The summed E-state index contributed by atoms with van der Waals surface area (Å²) in [5.41, 5.74) is 5.32. The fraction of sp³-hybridized carbons (Fsp3) is 0.917. The number of nitrogens with zero attached hydrogens (tertiary/aromatic N) is 2. The molecule has 0 aromatic carbocycles. The minimum atomic E-state index is -0.539. The molecule has 0 amide bonds. The molecule has 2 N–H and O–H groups in total. The molecule has 15 heavy (non-hydrogen) atoms. The molecule has 0 aliphatic carbocycles. The predicted molar refractivity (Wildman–Crippen MR) is 64.5 cm³/mol. The van der Waals surface area contributed by atoms with Crippen molar-refractivity contribution >= 4 is 0 Å². The summed E-state index contributed by atoms with van der Waals surface area (Å²) in [6, 6.07) is 2.21. The lowest BCUT2D eigenvalue weighted by atomic mass is 9.90. The van der Waals surface area contributed by atoms with Gasteiger partial charge in [-0.1, -0.05) is 27.2 Å². The van der Waals surface area contributed by atoms with Crippen molar-refractivity contribution < 1.29 is 0 Å². The topological polar surface area (TPSA) is 53.0 Å². The third-order valence-electron chi connectivity index (χ3n) is 2.80. The molecule has 88 valence electrons. The van der Waals surface area contributed by atoms with E-state index in [1.807, 2.05) is 13.8 Å². The normalized spacial score (nSPS) is 19.9. The van der Waals surface area contributed by atoms with E-state index in [0.29, 0.717) is 0 Å². The highest BCUT2D eigenvalue weighted by Crippen LogP contribution is 2.18. The van der Waals surface area contributed by atoms with E-state index in [4.69, 9.17) is 11.0 Å². The summed E-state index contributed by atoms with van der Waals surface area (Å²) in [6.45, 7) is 9.35. The largest absolute Gasteiger partial charge is 0.313 e. The molecule has 0 bridgehead atoms. The third-order valence-corrected chi connectivity index (χ3v) is 2.80. The molecule has 1 heterocycles. The number of nitrogens with two attached hydrogens (primary N) is 1. The smallest absolute Gasteiger partial charge is 0.106 e. The summed E-state index contributed by atoms with van der Waals surface area (Å²) in [6.07, 6.45) is 4.15. The van der Waals surface area contributed by atoms with Gasteiger partial charge in [-0.05, 0) is 25.8 Å². The Morgan fingerprint density at radius 3 is 2.27 bits per heavy atom. The molecule has 1 aliphatic rings. The number of likely N-dealkylation sites (tertiary alicyclic amines) is 1. The second-order valence-electron chi connectivity index (χ2n) is 3.96. The average molecular weight is 211 g/mol. The number of hydrogen-bond donors (Lipinski definition) is 1. The van der Waals surface area contributed by atoms with E-state index >= 15 is 0 Å². The summed E-state index contributed by atoms with van der Waals surface area (Å²) in [7, 11) is 0. The first kappa shape index (κ1) is 14.4. The van der Waals surface area contributed by atoms with Crippen LogP contribution in [-0.4, -0.2) is 30.1 Å². The first-order valence-corrected chi connectivity index (χ1v) is 6.13. The van der Waals surface area contributed by atoms with E-state index in [1.54, 1.807) is 0 Å². The first-order chi connectivity index (χ1) is 7.20. The highest BCUT2D eigenvalue weighted by molar-refractivity contribution is 5.07. The number of nitriles is 1. The van der Waals surface area contributed by atoms with Gasteiger partial charge in [-0.15, -0.1) is 0 Å². The van der Waals surface area contributed by atoms with Crippen LogP contribution in [0.5, 0.6) is 0 Å². The molecule has 0 spiro atoms. The van der Waals surface area contributed by atoms with Crippen LogP contribution in [0.25, 0.3) is 0 Å². The van der Waals surface area contributed by atoms with Gasteiger partial charge in [0.25, 0.3) is 0 Å². The molecule has 0 aromatic heterocycles. The van der Waals surface area contributed by atoms with Crippen molar-refractivity contribution in [1.82, 2.24) is 4.90 Å². The summed E-state index contributed by atoms with van der Waals surface area (Å²) in [5, 5.41) is 8.82. The number of hydrogen-bond acceptors (Lipinski definition) is 3. The fourth-order valence-corrected chi connectivity index (χ4v) is 1.67. The minimum Gasteiger partial charge on any atom is -0.313 e. The first-order valence-electron chi connectivity index (χ1n) is 6.13. The Morgan fingerprint density at radius 1 is 1.33 bits per heavy atom. The number of unbranched alkanes of at least 4 members (excludes halogenated alkanes) is 1. The maximum atomic E-state index is 8.82. The zero-order valence-corrected chi connectivity index (χ0v) is 10.4.